The standard InChI is InChI=1S/C70H124O6/c1-4-7-10-13-16-19-21-23-25-27-29-31-32-33-34-35-36-37-38-40-41-43-45-47-49-51-54-57-60-63-69(72)75-66-67(65-74-68(71)62-59-56-53-18-15-12-9-6-3)76-70(73)64-61-58-55-52-50-48-46-44-42-39-30-28-26-24-22-20-17-14-11-8-5-2/h7,10,16,19,23,25,29,31,33-34,36-37,67H,4-6,8-9,11-15,17-18,20-22,24,26-28,30,32,35,38-66H2,1-3H3/b10-7-,19-16-,25-23-,31-29-,34-33-,37-36-. The van der Waals surface area contributed by atoms with Crippen LogP contribution >= 0.6 is 0 Å². The Hall–Kier alpha value is -3.15. The number of esters is 3. The summed E-state index contributed by atoms with van der Waals surface area (Å²) in [4.78, 5) is 38.2. The first-order valence-electron chi connectivity index (χ1n) is 32.9. The van der Waals surface area contributed by atoms with Crippen LogP contribution in [0.3, 0.4) is 0 Å². The molecule has 0 heterocycles. The maximum absolute atomic E-state index is 12.9. The van der Waals surface area contributed by atoms with Crippen molar-refractivity contribution in [2.45, 2.75) is 341 Å². The number of ether oxygens (including phenoxy) is 3. The number of unbranched alkanes of at least 4 members (excludes halogenated alkanes) is 37. The topological polar surface area (TPSA) is 78.9 Å². The Morgan fingerprint density at radius 1 is 0.276 bits per heavy atom. The summed E-state index contributed by atoms with van der Waals surface area (Å²) in [6.07, 6.45) is 83.6. The lowest BCUT2D eigenvalue weighted by Crippen LogP contribution is -2.30. The van der Waals surface area contributed by atoms with Crippen LogP contribution in [-0.4, -0.2) is 37.2 Å². The fourth-order valence-corrected chi connectivity index (χ4v) is 9.57. The maximum Gasteiger partial charge on any atom is 0.306 e. The molecular weight excluding hydrogens is 937 g/mol. The van der Waals surface area contributed by atoms with E-state index in [1.54, 1.807) is 0 Å². The summed E-state index contributed by atoms with van der Waals surface area (Å²) in [6, 6.07) is 0. The van der Waals surface area contributed by atoms with Crippen LogP contribution in [0, 0.1) is 0 Å². The van der Waals surface area contributed by atoms with E-state index in [0.29, 0.717) is 19.3 Å². The molecule has 1 unspecified atom stereocenters. The van der Waals surface area contributed by atoms with E-state index in [1.807, 2.05) is 0 Å². The average Bonchev–Trinajstić information content (AvgIpc) is 3.42. The largest absolute Gasteiger partial charge is 0.462 e. The molecule has 6 heteroatoms. The highest BCUT2D eigenvalue weighted by atomic mass is 16.6. The second-order valence-electron chi connectivity index (χ2n) is 22.0. The van der Waals surface area contributed by atoms with Crippen LogP contribution in [0.4, 0.5) is 0 Å². The van der Waals surface area contributed by atoms with Gasteiger partial charge in [-0.25, -0.2) is 0 Å². The van der Waals surface area contributed by atoms with Crippen molar-refractivity contribution in [3.63, 3.8) is 0 Å². The van der Waals surface area contributed by atoms with Crippen LogP contribution in [0.5, 0.6) is 0 Å². The van der Waals surface area contributed by atoms with Crippen LogP contribution in [0.15, 0.2) is 72.9 Å². The summed E-state index contributed by atoms with van der Waals surface area (Å²) < 4.78 is 16.9. The minimum atomic E-state index is -0.773. The first-order chi connectivity index (χ1) is 37.5. The molecule has 0 aromatic carbocycles. The molecule has 440 valence electrons. The smallest absolute Gasteiger partial charge is 0.306 e. The van der Waals surface area contributed by atoms with Crippen molar-refractivity contribution in [2.24, 2.45) is 0 Å². The quantitative estimate of drug-likeness (QED) is 0.0261. The number of allylic oxidation sites excluding steroid dienone is 12. The van der Waals surface area contributed by atoms with Gasteiger partial charge < -0.3 is 14.2 Å². The van der Waals surface area contributed by atoms with Crippen LogP contribution < -0.4 is 0 Å². The minimum absolute atomic E-state index is 0.0718. The molecule has 0 amide bonds. The second-order valence-corrected chi connectivity index (χ2v) is 22.0. The third-order valence-electron chi connectivity index (χ3n) is 14.5. The number of hydrogen-bond acceptors (Lipinski definition) is 6. The number of carbonyl (C=O) groups excluding carboxylic acids is 3. The molecule has 0 spiro atoms. The van der Waals surface area contributed by atoms with E-state index in [4.69, 9.17) is 14.2 Å². The van der Waals surface area contributed by atoms with Gasteiger partial charge in [-0.05, 0) is 70.6 Å². The Balaban J connectivity index is 4.14. The van der Waals surface area contributed by atoms with E-state index in [-0.39, 0.29) is 31.1 Å². The lowest BCUT2D eigenvalue weighted by Gasteiger charge is -2.18. The van der Waals surface area contributed by atoms with Gasteiger partial charge in [0, 0.05) is 19.3 Å². The molecule has 0 aromatic rings. The van der Waals surface area contributed by atoms with E-state index in [2.05, 4.69) is 93.7 Å². The van der Waals surface area contributed by atoms with Crippen LogP contribution in [0.1, 0.15) is 335 Å². The zero-order valence-electron chi connectivity index (χ0n) is 50.5. The maximum atomic E-state index is 12.9. The van der Waals surface area contributed by atoms with Crippen molar-refractivity contribution < 1.29 is 28.6 Å². The van der Waals surface area contributed by atoms with E-state index in [1.165, 1.54) is 199 Å². The molecular formula is C70H124O6. The minimum Gasteiger partial charge on any atom is -0.462 e. The molecule has 0 radical (unpaired) electrons. The molecule has 0 saturated carbocycles. The van der Waals surface area contributed by atoms with Crippen LogP contribution in [0.2, 0.25) is 0 Å². The van der Waals surface area contributed by atoms with Crippen molar-refractivity contribution in [1.29, 1.82) is 0 Å². The lowest BCUT2D eigenvalue weighted by atomic mass is 10.0. The lowest BCUT2D eigenvalue weighted by molar-refractivity contribution is -0.167. The van der Waals surface area contributed by atoms with Gasteiger partial charge in [-0.2, -0.15) is 0 Å². The molecule has 1 atom stereocenters. The zero-order valence-corrected chi connectivity index (χ0v) is 50.5. The summed E-state index contributed by atoms with van der Waals surface area (Å²) in [5.41, 5.74) is 0. The number of carbonyl (C=O) groups is 3. The van der Waals surface area contributed by atoms with Crippen molar-refractivity contribution in [1.82, 2.24) is 0 Å². The van der Waals surface area contributed by atoms with Gasteiger partial charge in [0.25, 0.3) is 0 Å². The summed E-state index contributed by atoms with van der Waals surface area (Å²) in [5, 5.41) is 0. The fraction of sp³-hybridized carbons (Fsp3) is 0.786. The van der Waals surface area contributed by atoms with Gasteiger partial charge in [-0.15, -0.1) is 0 Å². The van der Waals surface area contributed by atoms with Crippen molar-refractivity contribution in [3.8, 4) is 0 Å². The predicted octanol–water partition coefficient (Wildman–Crippen LogP) is 22.5. The zero-order chi connectivity index (χ0) is 55.0. The highest BCUT2D eigenvalue weighted by molar-refractivity contribution is 5.71. The molecule has 0 aromatic heterocycles. The number of rotatable bonds is 60. The molecule has 0 saturated heterocycles. The highest BCUT2D eigenvalue weighted by Crippen LogP contribution is 2.17. The van der Waals surface area contributed by atoms with E-state index < -0.39 is 6.10 Å². The SMILES string of the molecule is CC/C=C\C/C=C\C/C=C\C/C=C\C/C=C\C/C=C\CCCCCCCCCCCCC(=O)OCC(COC(=O)CCCCCCCCCC)OC(=O)CCCCCCCCCCCCCCCCCCCCCCC. The van der Waals surface area contributed by atoms with Gasteiger partial charge >= 0.3 is 17.9 Å². The Morgan fingerprint density at radius 3 is 0.803 bits per heavy atom. The first kappa shape index (κ1) is 72.8. The van der Waals surface area contributed by atoms with Crippen molar-refractivity contribution in [2.75, 3.05) is 13.2 Å². The fourth-order valence-electron chi connectivity index (χ4n) is 9.57. The Kier molecular flexibility index (Phi) is 61.7. The Morgan fingerprint density at radius 2 is 0.513 bits per heavy atom. The van der Waals surface area contributed by atoms with Crippen LogP contribution in [0.25, 0.3) is 0 Å². The second kappa shape index (κ2) is 64.4. The average molecular weight is 1060 g/mol. The third-order valence-corrected chi connectivity index (χ3v) is 14.5. The van der Waals surface area contributed by atoms with E-state index in [9.17, 15) is 14.4 Å². The van der Waals surface area contributed by atoms with Gasteiger partial charge in [-0.3, -0.25) is 14.4 Å². The molecule has 6 nitrogen and oxygen atoms in total. The van der Waals surface area contributed by atoms with Gasteiger partial charge in [0.15, 0.2) is 6.10 Å². The summed E-state index contributed by atoms with van der Waals surface area (Å²) >= 11 is 0. The molecule has 0 rings (SSSR count). The monoisotopic (exact) mass is 1060 g/mol. The molecule has 0 bridgehead atoms. The Labute approximate surface area is 472 Å². The van der Waals surface area contributed by atoms with Gasteiger partial charge in [0.2, 0.25) is 0 Å². The van der Waals surface area contributed by atoms with Crippen LogP contribution in [-0.2, 0) is 28.6 Å². The van der Waals surface area contributed by atoms with Gasteiger partial charge in [0.1, 0.15) is 13.2 Å². The number of hydrogen-bond donors (Lipinski definition) is 0. The molecule has 0 aliphatic carbocycles. The molecule has 0 N–H and O–H groups in total. The normalized spacial score (nSPS) is 12.5. The predicted molar refractivity (Wildman–Crippen MR) is 330 cm³/mol. The Bertz CT molecular complexity index is 1400. The summed E-state index contributed by atoms with van der Waals surface area (Å²) in [5.74, 6) is -0.863. The third kappa shape index (κ3) is 61.7. The first-order valence-corrected chi connectivity index (χ1v) is 32.9. The summed E-state index contributed by atoms with van der Waals surface area (Å²) in [6.45, 7) is 6.54. The van der Waals surface area contributed by atoms with Gasteiger partial charge in [0.05, 0.1) is 0 Å². The summed E-state index contributed by atoms with van der Waals surface area (Å²) in [7, 11) is 0. The molecule has 0 aliphatic rings. The molecule has 0 fully saturated rings. The van der Waals surface area contributed by atoms with Crippen molar-refractivity contribution in [3.05, 3.63) is 72.9 Å². The molecule has 76 heavy (non-hydrogen) atoms. The van der Waals surface area contributed by atoms with E-state index >= 15 is 0 Å². The van der Waals surface area contributed by atoms with Crippen molar-refractivity contribution >= 4 is 17.9 Å². The van der Waals surface area contributed by atoms with Gasteiger partial charge in [-0.1, -0.05) is 318 Å². The molecule has 0 aliphatic heterocycles. The highest BCUT2D eigenvalue weighted by Gasteiger charge is 2.19. The van der Waals surface area contributed by atoms with E-state index in [0.717, 1.165) is 96.3 Å².